The average Bonchev–Trinajstić information content (AvgIpc) is 3.01. The number of methoxy groups -OCH3 is 1. The number of halogens is 1. The maximum atomic E-state index is 6.20. The largest absolute Gasteiger partial charge is 0.497 e. The molecule has 144 valence electrons. The summed E-state index contributed by atoms with van der Waals surface area (Å²) in [5.74, 6) is 0.823. The zero-order valence-corrected chi connectivity index (χ0v) is 17.2. The van der Waals surface area contributed by atoms with Crippen LogP contribution in [0.3, 0.4) is 0 Å². The molecule has 0 atom stereocenters. The second-order valence-electron chi connectivity index (χ2n) is 7.08. The summed E-state index contributed by atoms with van der Waals surface area (Å²) in [4.78, 5) is 4.78. The molecule has 0 saturated carbocycles. The Hall–Kier alpha value is -2.72. The first-order valence-electron chi connectivity index (χ1n) is 9.50. The minimum absolute atomic E-state index is 0.692. The number of hydrogen-bond acceptors (Lipinski definition) is 3. The van der Waals surface area contributed by atoms with Gasteiger partial charge in [-0.25, -0.2) is 4.98 Å². The van der Waals surface area contributed by atoms with Gasteiger partial charge in [-0.1, -0.05) is 11.6 Å². The van der Waals surface area contributed by atoms with Crippen molar-refractivity contribution in [2.45, 2.75) is 26.8 Å². The zero-order chi connectivity index (χ0) is 19.7. The minimum Gasteiger partial charge on any atom is -0.497 e. The smallest absolute Gasteiger partial charge is 0.119 e. The molecule has 0 aliphatic carbocycles. The summed E-state index contributed by atoms with van der Waals surface area (Å²) in [7, 11) is 1.68. The fraction of sp³-hybridized carbons (Fsp3) is 0.261. The molecular weight excluding hydrogens is 370 g/mol. The Kier molecular flexibility index (Phi) is 5.14. The van der Waals surface area contributed by atoms with E-state index in [0.29, 0.717) is 5.02 Å². The third-order valence-corrected chi connectivity index (χ3v) is 5.46. The highest BCUT2D eigenvalue weighted by Gasteiger charge is 2.11. The van der Waals surface area contributed by atoms with Crippen LogP contribution < -0.4 is 10.1 Å². The Morgan fingerprint density at radius 2 is 1.75 bits per heavy atom. The van der Waals surface area contributed by atoms with E-state index in [-0.39, 0.29) is 0 Å². The molecule has 4 aromatic rings. The molecule has 28 heavy (non-hydrogen) atoms. The Labute approximate surface area is 170 Å². The Balaban J connectivity index is 1.66. The van der Waals surface area contributed by atoms with Gasteiger partial charge in [-0.3, -0.25) is 0 Å². The van der Waals surface area contributed by atoms with Crippen LogP contribution in [-0.2, 0) is 6.54 Å². The lowest BCUT2D eigenvalue weighted by atomic mass is 10.1. The van der Waals surface area contributed by atoms with Gasteiger partial charge in [0, 0.05) is 40.3 Å². The van der Waals surface area contributed by atoms with E-state index >= 15 is 0 Å². The van der Waals surface area contributed by atoms with E-state index in [4.69, 9.17) is 21.3 Å². The van der Waals surface area contributed by atoms with Crippen molar-refractivity contribution in [2.24, 2.45) is 0 Å². The molecule has 4 nitrogen and oxygen atoms in total. The SMILES string of the molecule is COc1ccc2nc3cc(Cl)ccc3c(NCCCn3c(C)ccc3C)c2c1. The molecule has 5 heteroatoms. The van der Waals surface area contributed by atoms with Crippen LogP contribution in [0.4, 0.5) is 5.69 Å². The van der Waals surface area contributed by atoms with Crippen molar-refractivity contribution in [1.29, 1.82) is 0 Å². The highest BCUT2D eigenvalue weighted by Crippen LogP contribution is 2.34. The molecule has 0 spiro atoms. The van der Waals surface area contributed by atoms with Crippen LogP contribution in [0.15, 0.2) is 48.5 Å². The molecule has 0 amide bonds. The molecule has 0 bridgehead atoms. The van der Waals surface area contributed by atoms with Crippen molar-refractivity contribution in [2.75, 3.05) is 19.0 Å². The van der Waals surface area contributed by atoms with Gasteiger partial charge in [-0.2, -0.15) is 0 Å². The molecule has 0 aliphatic rings. The maximum absolute atomic E-state index is 6.20. The van der Waals surface area contributed by atoms with Crippen molar-refractivity contribution in [3.63, 3.8) is 0 Å². The van der Waals surface area contributed by atoms with Crippen LogP contribution in [0.5, 0.6) is 5.75 Å². The van der Waals surface area contributed by atoms with E-state index in [1.807, 2.05) is 36.4 Å². The highest BCUT2D eigenvalue weighted by atomic mass is 35.5. The quantitative estimate of drug-likeness (QED) is 0.324. The van der Waals surface area contributed by atoms with Gasteiger partial charge in [0.05, 0.1) is 23.8 Å². The predicted molar refractivity (Wildman–Crippen MR) is 118 cm³/mol. The number of nitrogens with zero attached hydrogens (tertiary/aromatic N) is 2. The van der Waals surface area contributed by atoms with E-state index in [1.54, 1.807) is 7.11 Å². The van der Waals surface area contributed by atoms with E-state index < -0.39 is 0 Å². The topological polar surface area (TPSA) is 39.1 Å². The van der Waals surface area contributed by atoms with Crippen molar-refractivity contribution in [3.05, 3.63) is 64.9 Å². The molecular formula is C23H24ClN3O. The van der Waals surface area contributed by atoms with E-state index in [9.17, 15) is 0 Å². The third-order valence-electron chi connectivity index (χ3n) is 5.22. The third kappa shape index (κ3) is 3.52. The highest BCUT2D eigenvalue weighted by molar-refractivity contribution is 6.31. The van der Waals surface area contributed by atoms with E-state index in [1.165, 1.54) is 11.4 Å². The van der Waals surface area contributed by atoms with Crippen molar-refractivity contribution in [3.8, 4) is 5.75 Å². The number of aryl methyl sites for hydroxylation is 2. The number of ether oxygens (including phenoxy) is 1. The average molecular weight is 394 g/mol. The lowest BCUT2D eigenvalue weighted by Crippen LogP contribution is -2.09. The van der Waals surface area contributed by atoms with E-state index in [0.717, 1.165) is 52.8 Å². The summed E-state index contributed by atoms with van der Waals surface area (Å²) >= 11 is 6.20. The lowest BCUT2D eigenvalue weighted by molar-refractivity contribution is 0.415. The van der Waals surface area contributed by atoms with Crippen LogP contribution in [-0.4, -0.2) is 23.2 Å². The van der Waals surface area contributed by atoms with Gasteiger partial charge in [0.2, 0.25) is 0 Å². The molecule has 0 unspecified atom stereocenters. The number of nitrogens with one attached hydrogen (secondary N) is 1. The molecule has 0 fully saturated rings. The zero-order valence-electron chi connectivity index (χ0n) is 16.4. The molecule has 0 aliphatic heterocycles. The number of aromatic nitrogens is 2. The predicted octanol–water partition coefficient (Wildman–Crippen LogP) is 5.97. The summed E-state index contributed by atoms with van der Waals surface area (Å²) in [5, 5.41) is 6.47. The van der Waals surface area contributed by atoms with Crippen molar-refractivity contribution < 1.29 is 4.74 Å². The first-order chi connectivity index (χ1) is 13.6. The van der Waals surface area contributed by atoms with Gasteiger partial charge >= 0.3 is 0 Å². The Bertz CT molecular complexity index is 1130. The van der Waals surface area contributed by atoms with E-state index in [2.05, 4.69) is 35.9 Å². The number of rotatable bonds is 6. The first-order valence-corrected chi connectivity index (χ1v) is 9.88. The fourth-order valence-corrected chi connectivity index (χ4v) is 3.88. The summed E-state index contributed by atoms with van der Waals surface area (Å²) in [6.07, 6.45) is 1.03. The standard InChI is InChI=1S/C23H24ClN3O/c1-15-5-6-16(2)27(15)12-4-11-25-23-19-9-7-17(24)13-22(19)26-21-10-8-18(28-3)14-20(21)23/h5-10,13-14H,4,11-12H2,1-3H3,(H,25,26). The summed E-state index contributed by atoms with van der Waals surface area (Å²) in [5.41, 5.74) is 5.50. The Morgan fingerprint density at radius 1 is 0.964 bits per heavy atom. The monoisotopic (exact) mass is 393 g/mol. The molecule has 2 aromatic carbocycles. The second kappa shape index (κ2) is 7.72. The molecule has 0 saturated heterocycles. The summed E-state index contributed by atoms with van der Waals surface area (Å²) < 4.78 is 7.78. The van der Waals surface area contributed by atoms with Gasteiger partial charge < -0.3 is 14.6 Å². The first kappa shape index (κ1) is 18.6. The van der Waals surface area contributed by atoms with Gasteiger partial charge in [-0.05, 0) is 68.8 Å². The minimum atomic E-state index is 0.692. The Morgan fingerprint density at radius 3 is 2.50 bits per heavy atom. The lowest BCUT2D eigenvalue weighted by Gasteiger charge is -2.15. The number of benzene rings is 2. The van der Waals surface area contributed by atoms with Crippen LogP contribution in [0.25, 0.3) is 21.8 Å². The molecule has 2 heterocycles. The number of pyridine rings is 1. The maximum Gasteiger partial charge on any atom is 0.119 e. The van der Waals surface area contributed by atoms with Crippen LogP contribution >= 0.6 is 11.6 Å². The van der Waals surface area contributed by atoms with Gasteiger partial charge in [-0.15, -0.1) is 0 Å². The van der Waals surface area contributed by atoms with Crippen molar-refractivity contribution in [1.82, 2.24) is 9.55 Å². The molecule has 2 aromatic heterocycles. The molecule has 1 N–H and O–H groups in total. The molecule has 4 rings (SSSR count). The number of hydrogen-bond donors (Lipinski definition) is 1. The number of anilines is 1. The van der Waals surface area contributed by atoms with Crippen LogP contribution in [0.1, 0.15) is 17.8 Å². The fourth-order valence-electron chi connectivity index (χ4n) is 3.72. The van der Waals surface area contributed by atoms with Gasteiger partial charge in [0.1, 0.15) is 5.75 Å². The van der Waals surface area contributed by atoms with Crippen LogP contribution in [0.2, 0.25) is 5.02 Å². The normalized spacial score (nSPS) is 11.3. The van der Waals surface area contributed by atoms with Gasteiger partial charge in [0.15, 0.2) is 0 Å². The second-order valence-corrected chi connectivity index (χ2v) is 7.52. The summed E-state index contributed by atoms with van der Waals surface area (Å²) in [6, 6.07) is 16.2. The van der Waals surface area contributed by atoms with Crippen molar-refractivity contribution >= 4 is 39.1 Å². The van der Waals surface area contributed by atoms with Gasteiger partial charge in [0.25, 0.3) is 0 Å². The summed E-state index contributed by atoms with van der Waals surface area (Å²) in [6.45, 7) is 6.17. The van der Waals surface area contributed by atoms with Crippen LogP contribution in [0, 0.1) is 13.8 Å². The number of fused-ring (bicyclic) bond motifs is 2. The molecule has 0 radical (unpaired) electrons.